The predicted octanol–water partition coefficient (Wildman–Crippen LogP) is 2.28. The van der Waals surface area contributed by atoms with Gasteiger partial charge in [0.15, 0.2) is 11.6 Å². The highest BCUT2D eigenvalue weighted by molar-refractivity contribution is 7.91. The van der Waals surface area contributed by atoms with E-state index in [4.69, 9.17) is 4.74 Å². The van der Waals surface area contributed by atoms with Crippen LogP contribution in [0.2, 0.25) is 0 Å². The number of hydrogen-bond donors (Lipinski definition) is 1. The Bertz CT molecular complexity index is 570. The molecular weight excluding hydrogens is 293 g/mol. The lowest BCUT2D eigenvalue weighted by Gasteiger charge is -2.13. The Morgan fingerprint density at radius 1 is 1.38 bits per heavy atom. The number of hydrogen-bond acceptors (Lipinski definition) is 4. The Labute approximate surface area is 125 Å². The van der Waals surface area contributed by atoms with E-state index in [1.807, 2.05) is 6.07 Å². The van der Waals surface area contributed by atoms with Gasteiger partial charge in [-0.3, -0.25) is 0 Å². The van der Waals surface area contributed by atoms with Crippen LogP contribution in [0.25, 0.3) is 0 Å². The summed E-state index contributed by atoms with van der Waals surface area (Å²) in [5.41, 5.74) is 0.778. The van der Waals surface area contributed by atoms with Crippen LogP contribution in [0.15, 0.2) is 18.2 Å². The van der Waals surface area contributed by atoms with Crippen LogP contribution in [0.5, 0.6) is 5.75 Å². The van der Waals surface area contributed by atoms with Gasteiger partial charge >= 0.3 is 0 Å². The summed E-state index contributed by atoms with van der Waals surface area (Å²) in [4.78, 5) is 0. The van der Waals surface area contributed by atoms with Crippen molar-refractivity contribution in [3.05, 3.63) is 29.6 Å². The van der Waals surface area contributed by atoms with E-state index in [0.29, 0.717) is 19.0 Å². The third-order valence-electron chi connectivity index (χ3n) is 3.49. The Hall–Kier alpha value is -1.14. The fraction of sp³-hybridized carbons (Fsp3) is 0.600. The second kappa shape index (κ2) is 7.22. The standard InChI is InChI=1S/C15H22FNO3S/c1-2-21(18,19)10-4-9-20-15-12(5-3-6-14(15)16)11-17-13-7-8-13/h3,5-6,13,17H,2,4,7-11H2,1H3. The average Bonchev–Trinajstić information content (AvgIpc) is 3.27. The third-order valence-corrected chi connectivity index (χ3v) is 5.28. The van der Waals surface area contributed by atoms with Crippen LogP contribution in [0, 0.1) is 5.82 Å². The minimum Gasteiger partial charge on any atom is -0.490 e. The molecule has 0 aromatic heterocycles. The smallest absolute Gasteiger partial charge is 0.165 e. The fourth-order valence-electron chi connectivity index (χ4n) is 1.99. The topological polar surface area (TPSA) is 55.4 Å². The van der Waals surface area contributed by atoms with E-state index in [1.165, 1.54) is 18.9 Å². The first kappa shape index (κ1) is 16.2. The van der Waals surface area contributed by atoms with Gasteiger partial charge in [0, 0.05) is 23.9 Å². The van der Waals surface area contributed by atoms with Gasteiger partial charge in [0.05, 0.1) is 12.4 Å². The van der Waals surface area contributed by atoms with E-state index >= 15 is 0 Å². The van der Waals surface area contributed by atoms with Crippen LogP contribution in [-0.2, 0) is 16.4 Å². The molecule has 1 aliphatic rings. The number of nitrogens with one attached hydrogen (secondary N) is 1. The number of ether oxygens (including phenoxy) is 1. The highest BCUT2D eigenvalue weighted by Gasteiger charge is 2.21. The van der Waals surface area contributed by atoms with Crippen molar-refractivity contribution >= 4 is 9.84 Å². The number of rotatable bonds is 9. The SMILES string of the molecule is CCS(=O)(=O)CCCOc1c(F)cccc1CNC1CC1. The van der Waals surface area contributed by atoms with E-state index in [9.17, 15) is 12.8 Å². The molecule has 1 N–H and O–H groups in total. The Morgan fingerprint density at radius 3 is 2.81 bits per heavy atom. The molecule has 1 aliphatic carbocycles. The summed E-state index contributed by atoms with van der Waals surface area (Å²) in [5, 5.41) is 3.32. The first-order chi connectivity index (χ1) is 10.0. The summed E-state index contributed by atoms with van der Waals surface area (Å²) in [6, 6.07) is 5.39. The molecule has 1 saturated carbocycles. The maximum atomic E-state index is 13.8. The van der Waals surface area contributed by atoms with Crippen LogP contribution in [-0.4, -0.2) is 32.6 Å². The Kier molecular flexibility index (Phi) is 5.58. The molecule has 0 atom stereocenters. The summed E-state index contributed by atoms with van der Waals surface area (Å²) in [5.74, 6) is 0.0413. The molecule has 118 valence electrons. The normalized spacial score (nSPS) is 15.1. The molecule has 1 fully saturated rings. The summed E-state index contributed by atoms with van der Waals surface area (Å²) in [7, 11) is -2.99. The van der Waals surface area contributed by atoms with E-state index in [2.05, 4.69) is 5.32 Å². The van der Waals surface area contributed by atoms with Crippen LogP contribution in [0.4, 0.5) is 4.39 Å². The highest BCUT2D eigenvalue weighted by atomic mass is 32.2. The highest BCUT2D eigenvalue weighted by Crippen LogP contribution is 2.25. The zero-order chi connectivity index (χ0) is 15.3. The first-order valence-corrected chi connectivity index (χ1v) is 9.18. The van der Waals surface area contributed by atoms with Gasteiger partial charge in [0.1, 0.15) is 9.84 Å². The Morgan fingerprint density at radius 2 is 2.14 bits per heavy atom. The lowest BCUT2D eigenvalue weighted by atomic mass is 10.2. The van der Waals surface area contributed by atoms with Crippen molar-refractivity contribution in [1.82, 2.24) is 5.32 Å². The van der Waals surface area contributed by atoms with Gasteiger partial charge in [-0.2, -0.15) is 0 Å². The van der Waals surface area contributed by atoms with Gasteiger partial charge in [0.25, 0.3) is 0 Å². The zero-order valence-corrected chi connectivity index (χ0v) is 13.1. The largest absolute Gasteiger partial charge is 0.490 e. The summed E-state index contributed by atoms with van der Waals surface area (Å²) < 4.78 is 42.1. The van der Waals surface area contributed by atoms with Crippen molar-refractivity contribution in [3.8, 4) is 5.75 Å². The van der Waals surface area contributed by atoms with Crippen LogP contribution >= 0.6 is 0 Å². The molecule has 0 aliphatic heterocycles. The lowest BCUT2D eigenvalue weighted by molar-refractivity contribution is 0.297. The van der Waals surface area contributed by atoms with Crippen molar-refractivity contribution in [3.63, 3.8) is 0 Å². The molecule has 1 aromatic carbocycles. The summed E-state index contributed by atoms with van der Waals surface area (Å²) in [6.45, 7) is 2.40. The van der Waals surface area contributed by atoms with Crippen molar-refractivity contribution in [1.29, 1.82) is 0 Å². The molecule has 6 heteroatoms. The summed E-state index contributed by atoms with van der Waals surface area (Å²) in [6.07, 6.45) is 2.71. The van der Waals surface area contributed by atoms with E-state index in [1.54, 1.807) is 13.0 Å². The zero-order valence-electron chi connectivity index (χ0n) is 12.3. The predicted molar refractivity (Wildman–Crippen MR) is 80.7 cm³/mol. The maximum Gasteiger partial charge on any atom is 0.165 e. The van der Waals surface area contributed by atoms with Gasteiger partial charge in [0.2, 0.25) is 0 Å². The third kappa shape index (κ3) is 5.28. The number of halogens is 1. The fourth-order valence-corrected chi connectivity index (χ4v) is 2.84. The number of benzene rings is 1. The van der Waals surface area contributed by atoms with Gasteiger partial charge in [-0.25, -0.2) is 12.8 Å². The molecular formula is C15H22FNO3S. The van der Waals surface area contributed by atoms with Gasteiger partial charge in [-0.05, 0) is 25.3 Å². The van der Waals surface area contributed by atoms with Gasteiger partial charge in [-0.15, -0.1) is 0 Å². The molecule has 0 radical (unpaired) electrons. The van der Waals surface area contributed by atoms with Crippen molar-refractivity contribution in [2.75, 3.05) is 18.1 Å². The molecule has 0 amide bonds. The molecule has 21 heavy (non-hydrogen) atoms. The second-order valence-electron chi connectivity index (χ2n) is 5.32. The first-order valence-electron chi connectivity index (χ1n) is 7.36. The Balaban J connectivity index is 1.88. The van der Waals surface area contributed by atoms with E-state index < -0.39 is 15.7 Å². The average molecular weight is 315 g/mol. The maximum absolute atomic E-state index is 13.8. The van der Waals surface area contributed by atoms with Gasteiger partial charge < -0.3 is 10.1 Å². The molecule has 0 unspecified atom stereocenters. The monoisotopic (exact) mass is 315 g/mol. The van der Waals surface area contributed by atoms with Crippen molar-refractivity contribution < 1.29 is 17.5 Å². The van der Waals surface area contributed by atoms with E-state index in [0.717, 1.165) is 5.56 Å². The van der Waals surface area contributed by atoms with Crippen LogP contribution < -0.4 is 10.1 Å². The number of para-hydroxylation sites is 1. The van der Waals surface area contributed by atoms with Crippen LogP contribution in [0.1, 0.15) is 31.7 Å². The molecule has 0 saturated heterocycles. The quantitative estimate of drug-likeness (QED) is 0.710. The minimum absolute atomic E-state index is 0.0770. The lowest BCUT2D eigenvalue weighted by Crippen LogP contribution is -2.17. The molecule has 0 bridgehead atoms. The molecule has 0 heterocycles. The van der Waals surface area contributed by atoms with Crippen molar-refractivity contribution in [2.24, 2.45) is 0 Å². The van der Waals surface area contributed by atoms with E-state index in [-0.39, 0.29) is 23.9 Å². The van der Waals surface area contributed by atoms with Crippen molar-refractivity contribution in [2.45, 2.75) is 38.8 Å². The number of sulfone groups is 1. The molecule has 0 spiro atoms. The summed E-state index contributed by atoms with van der Waals surface area (Å²) >= 11 is 0. The molecule has 4 nitrogen and oxygen atoms in total. The minimum atomic E-state index is -2.99. The van der Waals surface area contributed by atoms with Gasteiger partial charge in [-0.1, -0.05) is 19.1 Å². The van der Waals surface area contributed by atoms with Crippen LogP contribution in [0.3, 0.4) is 0 Å². The molecule has 2 rings (SSSR count). The second-order valence-corrected chi connectivity index (χ2v) is 7.79. The molecule has 1 aromatic rings.